The van der Waals surface area contributed by atoms with Crippen molar-refractivity contribution in [2.45, 2.75) is 38.0 Å². The summed E-state index contributed by atoms with van der Waals surface area (Å²) in [6, 6.07) is 82.3. The minimum absolute atomic E-state index is 0.576. The van der Waals surface area contributed by atoms with E-state index in [1.165, 1.54) is 92.5 Å². The van der Waals surface area contributed by atoms with E-state index in [0.717, 1.165) is 55.8 Å². The molecule has 0 radical (unpaired) electrons. The van der Waals surface area contributed by atoms with Crippen molar-refractivity contribution in [2.75, 3.05) is 4.90 Å². The monoisotopic (exact) mass is 860 g/mol. The van der Waals surface area contributed by atoms with Crippen LogP contribution < -0.4 is 4.90 Å². The van der Waals surface area contributed by atoms with E-state index in [0.29, 0.717) is 5.92 Å². The SMILES string of the molecule is c1ccc(-n2c3ccccc3c3c(-c4ccc(N(c5ccc(-c6ccc7c(c6)oc6ccccc67)cc5)c5ccccc5-c5cccc6cccc(C7CCCCC7)c56)cc4)cccc32)cc1. The van der Waals surface area contributed by atoms with E-state index in [-0.39, 0.29) is 0 Å². The van der Waals surface area contributed by atoms with Gasteiger partial charge in [0.25, 0.3) is 0 Å². The standard InChI is InChI=1S/C64H48N2O/c1-3-16-44(17-4-1)51-25-13-18-46-19-14-27-56(63(46)51)53-22-7-10-28-58(53)65(49-37-32-43(33-38-49)47-36-41-55-54-23-9-12-31-61(54)67-62(55)42-47)50-39-34-45(35-40-50)52-26-15-30-60-64(52)57-24-8-11-29-59(57)66(60)48-20-5-2-6-21-48/h2,5-15,18-42,44H,1,3-4,16-17H2. The molecule has 0 atom stereocenters. The third kappa shape index (κ3) is 6.72. The number of benzene rings is 10. The zero-order valence-corrected chi connectivity index (χ0v) is 37.3. The molecule has 0 unspecified atom stereocenters. The van der Waals surface area contributed by atoms with Crippen LogP contribution in [0.5, 0.6) is 0 Å². The van der Waals surface area contributed by atoms with Gasteiger partial charge < -0.3 is 13.9 Å². The van der Waals surface area contributed by atoms with Crippen molar-refractivity contribution in [3.8, 4) is 39.1 Å². The molecule has 10 aromatic carbocycles. The fourth-order valence-electron chi connectivity index (χ4n) is 11.3. The molecule has 0 saturated heterocycles. The Morgan fingerprint density at radius 3 is 1.84 bits per heavy atom. The quantitative estimate of drug-likeness (QED) is 0.152. The molecule has 3 heteroatoms. The number of aromatic nitrogens is 1. The first kappa shape index (κ1) is 39.2. The van der Waals surface area contributed by atoms with E-state index in [2.05, 4.69) is 222 Å². The van der Waals surface area contributed by atoms with Crippen molar-refractivity contribution >= 4 is 71.6 Å². The van der Waals surface area contributed by atoms with Crippen molar-refractivity contribution in [2.24, 2.45) is 0 Å². The molecular weight excluding hydrogens is 813 g/mol. The van der Waals surface area contributed by atoms with E-state index >= 15 is 0 Å². The molecule has 0 aliphatic heterocycles. The number of hydrogen-bond acceptors (Lipinski definition) is 2. The predicted octanol–water partition coefficient (Wildman–Crippen LogP) is 18.4. The summed E-state index contributed by atoms with van der Waals surface area (Å²) in [4.78, 5) is 2.45. The van der Waals surface area contributed by atoms with Crippen molar-refractivity contribution in [1.82, 2.24) is 4.57 Å². The second-order valence-electron chi connectivity index (χ2n) is 18.2. The Morgan fingerprint density at radius 1 is 0.403 bits per heavy atom. The highest BCUT2D eigenvalue weighted by molar-refractivity contribution is 6.16. The Bertz CT molecular complexity index is 3770. The van der Waals surface area contributed by atoms with Crippen LogP contribution in [0.2, 0.25) is 0 Å². The van der Waals surface area contributed by atoms with E-state index in [1.807, 2.05) is 12.1 Å². The maximum absolute atomic E-state index is 6.32. The number of nitrogens with zero attached hydrogens (tertiary/aromatic N) is 2. The zero-order valence-electron chi connectivity index (χ0n) is 37.3. The lowest BCUT2D eigenvalue weighted by molar-refractivity contribution is 0.445. The summed E-state index contributed by atoms with van der Waals surface area (Å²) < 4.78 is 8.72. The molecule has 1 fully saturated rings. The molecule has 0 bridgehead atoms. The van der Waals surface area contributed by atoms with Gasteiger partial charge in [0, 0.05) is 44.2 Å². The first-order valence-electron chi connectivity index (χ1n) is 23.9. The number of furan rings is 1. The minimum atomic E-state index is 0.576. The van der Waals surface area contributed by atoms with Crippen LogP contribution in [0, 0.1) is 0 Å². The zero-order chi connectivity index (χ0) is 44.3. The van der Waals surface area contributed by atoms with E-state index in [9.17, 15) is 0 Å². The molecule has 1 aliphatic carbocycles. The Kier molecular flexibility index (Phi) is 9.60. The van der Waals surface area contributed by atoms with Crippen LogP contribution in [0.3, 0.4) is 0 Å². The van der Waals surface area contributed by atoms with Crippen LogP contribution in [0.1, 0.15) is 43.6 Å². The fourth-order valence-corrected chi connectivity index (χ4v) is 11.3. The third-order valence-electron chi connectivity index (χ3n) is 14.4. The van der Waals surface area contributed by atoms with Crippen LogP contribution in [-0.4, -0.2) is 4.57 Å². The predicted molar refractivity (Wildman–Crippen MR) is 282 cm³/mol. The molecule has 320 valence electrons. The van der Waals surface area contributed by atoms with Crippen molar-refractivity contribution in [3.05, 3.63) is 230 Å². The second-order valence-corrected chi connectivity index (χ2v) is 18.2. The van der Waals surface area contributed by atoms with Crippen LogP contribution >= 0.6 is 0 Å². The van der Waals surface area contributed by atoms with Gasteiger partial charge in [-0.15, -0.1) is 0 Å². The van der Waals surface area contributed by atoms with Gasteiger partial charge in [-0.25, -0.2) is 0 Å². The lowest BCUT2D eigenvalue weighted by atomic mass is 9.80. The molecule has 13 rings (SSSR count). The summed E-state index contributed by atoms with van der Waals surface area (Å²) >= 11 is 0. The number of anilines is 3. The van der Waals surface area contributed by atoms with Crippen LogP contribution in [0.4, 0.5) is 17.1 Å². The van der Waals surface area contributed by atoms with Crippen LogP contribution in [-0.2, 0) is 0 Å². The topological polar surface area (TPSA) is 21.3 Å². The Labute approximate surface area is 390 Å². The number of rotatable bonds is 8. The molecule has 3 nitrogen and oxygen atoms in total. The summed E-state index contributed by atoms with van der Waals surface area (Å²) in [6.45, 7) is 0. The summed E-state index contributed by atoms with van der Waals surface area (Å²) in [5, 5.41) is 7.49. The highest BCUT2D eigenvalue weighted by Crippen LogP contribution is 2.47. The summed E-state index contributed by atoms with van der Waals surface area (Å²) in [5.74, 6) is 0.576. The highest BCUT2D eigenvalue weighted by atomic mass is 16.3. The van der Waals surface area contributed by atoms with Gasteiger partial charge in [-0.05, 0) is 136 Å². The summed E-state index contributed by atoms with van der Waals surface area (Å²) in [7, 11) is 0. The average Bonchev–Trinajstić information content (AvgIpc) is 3.95. The van der Waals surface area contributed by atoms with E-state index in [4.69, 9.17) is 4.42 Å². The third-order valence-corrected chi connectivity index (χ3v) is 14.4. The lowest BCUT2D eigenvalue weighted by Gasteiger charge is -2.29. The van der Waals surface area contributed by atoms with Gasteiger partial charge >= 0.3 is 0 Å². The molecule has 67 heavy (non-hydrogen) atoms. The van der Waals surface area contributed by atoms with Crippen molar-refractivity contribution < 1.29 is 4.42 Å². The maximum atomic E-state index is 6.32. The largest absolute Gasteiger partial charge is 0.456 e. The van der Waals surface area contributed by atoms with Gasteiger partial charge in [0.05, 0.1) is 16.7 Å². The Balaban J connectivity index is 0.961. The van der Waals surface area contributed by atoms with Crippen LogP contribution in [0.15, 0.2) is 229 Å². The minimum Gasteiger partial charge on any atom is -0.456 e. The van der Waals surface area contributed by atoms with Crippen molar-refractivity contribution in [1.29, 1.82) is 0 Å². The van der Waals surface area contributed by atoms with Gasteiger partial charge in [0.2, 0.25) is 0 Å². The molecule has 1 saturated carbocycles. The maximum Gasteiger partial charge on any atom is 0.136 e. The van der Waals surface area contributed by atoms with E-state index in [1.54, 1.807) is 0 Å². The lowest BCUT2D eigenvalue weighted by Crippen LogP contribution is -2.11. The van der Waals surface area contributed by atoms with Crippen LogP contribution in [0.25, 0.3) is 93.6 Å². The number of hydrogen-bond donors (Lipinski definition) is 0. The molecule has 0 spiro atoms. The fraction of sp³-hybridized carbons (Fsp3) is 0.0938. The van der Waals surface area contributed by atoms with Gasteiger partial charge in [-0.1, -0.05) is 171 Å². The first-order chi connectivity index (χ1) is 33.2. The Hall–Kier alpha value is -8.14. The van der Waals surface area contributed by atoms with E-state index < -0.39 is 0 Å². The average molecular weight is 861 g/mol. The molecular formula is C64H48N2O. The van der Waals surface area contributed by atoms with Gasteiger partial charge in [0.15, 0.2) is 0 Å². The summed E-state index contributed by atoms with van der Waals surface area (Å²) in [6.07, 6.45) is 6.45. The molecule has 0 amide bonds. The molecule has 12 aromatic rings. The van der Waals surface area contributed by atoms with Crippen molar-refractivity contribution in [3.63, 3.8) is 0 Å². The number of para-hydroxylation sites is 4. The smallest absolute Gasteiger partial charge is 0.136 e. The second kappa shape index (κ2) is 16.4. The van der Waals surface area contributed by atoms with Gasteiger partial charge in [-0.2, -0.15) is 0 Å². The summed E-state index contributed by atoms with van der Waals surface area (Å²) in [5.41, 5.74) is 17.4. The molecule has 0 N–H and O–H groups in total. The molecule has 2 aromatic heterocycles. The Morgan fingerprint density at radius 2 is 1.01 bits per heavy atom. The highest BCUT2D eigenvalue weighted by Gasteiger charge is 2.24. The van der Waals surface area contributed by atoms with Gasteiger partial charge in [-0.3, -0.25) is 0 Å². The van der Waals surface area contributed by atoms with Gasteiger partial charge in [0.1, 0.15) is 11.2 Å². The molecule has 1 aliphatic rings. The molecule has 2 heterocycles. The normalized spacial score (nSPS) is 13.3. The number of fused-ring (bicyclic) bond motifs is 7. The first-order valence-corrected chi connectivity index (χ1v) is 23.9.